The highest BCUT2D eigenvalue weighted by molar-refractivity contribution is 5.94. The molecule has 0 radical (unpaired) electrons. The van der Waals surface area contributed by atoms with Crippen molar-refractivity contribution in [3.8, 4) is 0 Å². The molecule has 0 saturated carbocycles. The number of aliphatic hydroxyl groups excluding tert-OH is 1. The van der Waals surface area contributed by atoms with Gasteiger partial charge in [0.25, 0.3) is 0 Å². The van der Waals surface area contributed by atoms with Crippen LogP contribution in [0, 0.1) is 11.3 Å². The lowest BCUT2D eigenvalue weighted by atomic mass is 9.97. The van der Waals surface area contributed by atoms with Gasteiger partial charge in [0.15, 0.2) is 0 Å². The zero-order valence-electron chi connectivity index (χ0n) is 12.0. The monoisotopic (exact) mass is 262 g/mol. The number of aliphatic hydroxyl groups is 1. The first-order valence-electron chi connectivity index (χ1n) is 7.17. The minimum Gasteiger partial charge on any atom is -0.388 e. The number of nitrogens with one attached hydrogen (secondary N) is 1. The van der Waals surface area contributed by atoms with E-state index in [-0.39, 0.29) is 5.84 Å². The fraction of sp³-hybridized carbons (Fsp3) is 0.562. The van der Waals surface area contributed by atoms with Crippen molar-refractivity contribution < 1.29 is 5.11 Å². The fourth-order valence-electron chi connectivity index (χ4n) is 2.09. The minimum atomic E-state index is -0.405. The maximum Gasteiger partial charge on any atom is 0.122 e. The second kappa shape index (κ2) is 7.95. The topological polar surface area (TPSA) is 70.1 Å². The summed E-state index contributed by atoms with van der Waals surface area (Å²) < 4.78 is 0. The van der Waals surface area contributed by atoms with E-state index in [1.807, 2.05) is 12.1 Å². The molecule has 0 aromatic heterocycles. The predicted octanol–water partition coefficient (Wildman–Crippen LogP) is 3.61. The molecule has 0 amide bonds. The second-order valence-electron chi connectivity index (χ2n) is 5.35. The molecule has 0 aliphatic heterocycles. The van der Waals surface area contributed by atoms with Crippen molar-refractivity contribution in [1.82, 2.24) is 0 Å². The van der Waals surface area contributed by atoms with Crippen LogP contribution in [0.25, 0.3) is 0 Å². The zero-order valence-corrected chi connectivity index (χ0v) is 12.0. The van der Waals surface area contributed by atoms with E-state index in [4.69, 9.17) is 11.1 Å². The molecular formula is C16H26N2O. The van der Waals surface area contributed by atoms with Crippen LogP contribution in [-0.2, 0) is 0 Å². The molecule has 3 nitrogen and oxygen atoms in total. The molecule has 0 fully saturated rings. The van der Waals surface area contributed by atoms with Gasteiger partial charge in [0.2, 0.25) is 0 Å². The molecule has 0 saturated heterocycles. The normalized spacial score (nSPS) is 14.1. The van der Waals surface area contributed by atoms with Gasteiger partial charge in [-0.1, -0.05) is 63.8 Å². The number of hydrogen-bond donors (Lipinski definition) is 3. The van der Waals surface area contributed by atoms with E-state index < -0.39 is 6.10 Å². The Morgan fingerprint density at radius 2 is 1.79 bits per heavy atom. The third-order valence-electron chi connectivity index (χ3n) is 3.73. The van der Waals surface area contributed by atoms with Crippen molar-refractivity contribution in [2.24, 2.45) is 11.7 Å². The van der Waals surface area contributed by atoms with Crippen LogP contribution in [0.1, 0.15) is 63.2 Å². The summed E-state index contributed by atoms with van der Waals surface area (Å²) in [6, 6.07) is 7.30. The largest absolute Gasteiger partial charge is 0.388 e. The van der Waals surface area contributed by atoms with E-state index in [0.29, 0.717) is 5.56 Å². The molecule has 19 heavy (non-hydrogen) atoms. The Bertz CT molecular complexity index is 386. The van der Waals surface area contributed by atoms with Crippen molar-refractivity contribution in [3.63, 3.8) is 0 Å². The summed E-state index contributed by atoms with van der Waals surface area (Å²) in [5.74, 6) is 0.849. The number of nitrogen functional groups attached to an aromatic ring is 1. The van der Waals surface area contributed by atoms with Crippen LogP contribution in [0.15, 0.2) is 24.3 Å². The van der Waals surface area contributed by atoms with Crippen LogP contribution in [0.4, 0.5) is 0 Å². The summed E-state index contributed by atoms with van der Waals surface area (Å²) >= 11 is 0. The first-order chi connectivity index (χ1) is 9.04. The number of hydrogen-bond acceptors (Lipinski definition) is 2. The molecule has 2 atom stereocenters. The van der Waals surface area contributed by atoms with Gasteiger partial charge >= 0.3 is 0 Å². The highest BCUT2D eigenvalue weighted by Gasteiger charge is 2.08. The van der Waals surface area contributed by atoms with Gasteiger partial charge in [0.1, 0.15) is 5.84 Å². The smallest absolute Gasteiger partial charge is 0.122 e. The Balaban J connectivity index is 2.37. The fourth-order valence-corrected chi connectivity index (χ4v) is 2.09. The number of rotatable bonds is 8. The highest BCUT2D eigenvalue weighted by atomic mass is 16.3. The maximum absolute atomic E-state index is 10.1. The number of amidine groups is 1. The number of unbranched alkanes of at least 4 members (excludes halogenated alkanes) is 1. The summed E-state index contributed by atoms with van der Waals surface area (Å²) in [5.41, 5.74) is 7.01. The molecule has 1 aromatic carbocycles. The lowest BCUT2D eigenvalue weighted by molar-refractivity contribution is 0.162. The molecule has 0 heterocycles. The molecule has 0 bridgehead atoms. The lowest BCUT2D eigenvalue weighted by Gasteiger charge is -2.12. The number of benzene rings is 1. The summed E-state index contributed by atoms with van der Waals surface area (Å²) in [6.07, 6.45) is 5.10. The van der Waals surface area contributed by atoms with Crippen LogP contribution < -0.4 is 5.73 Å². The van der Waals surface area contributed by atoms with Crippen molar-refractivity contribution >= 4 is 5.84 Å². The molecule has 0 aliphatic rings. The summed E-state index contributed by atoms with van der Waals surface area (Å²) in [7, 11) is 0. The first-order valence-corrected chi connectivity index (χ1v) is 7.17. The molecule has 0 spiro atoms. The Hall–Kier alpha value is -1.35. The first kappa shape index (κ1) is 15.7. The van der Waals surface area contributed by atoms with Gasteiger partial charge in [0.05, 0.1) is 6.10 Å². The van der Waals surface area contributed by atoms with Gasteiger partial charge < -0.3 is 10.8 Å². The van der Waals surface area contributed by atoms with Crippen LogP contribution in [0.3, 0.4) is 0 Å². The average Bonchev–Trinajstić information content (AvgIpc) is 2.43. The second-order valence-corrected chi connectivity index (χ2v) is 5.35. The summed E-state index contributed by atoms with van der Waals surface area (Å²) in [4.78, 5) is 0. The van der Waals surface area contributed by atoms with E-state index in [1.54, 1.807) is 12.1 Å². The van der Waals surface area contributed by atoms with Gasteiger partial charge in [-0.05, 0) is 17.9 Å². The van der Waals surface area contributed by atoms with E-state index in [0.717, 1.165) is 24.3 Å². The standard InChI is InChI=1S/C16H26N2O/c1-3-12(2)6-4-5-7-15(19)13-8-10-14(11-9-13)16(17)18/h8-12,15,19H,3-7H2,1-2H3,(H3,17,18)/t12?,15-/m0/s1. The summed E-state index contributed by atoms with van der Waals surface area (Å²) in [5, 5.41) is 17.4. The van der Waals surface area contributed by atoms with Crippen LogP contribution in [0.2, 0.25) is 0 Å². The van der Waals surface area contributed by atoms with Gasteiger partial charge in [0, 0.05) is 5.56 Å². The zero-order chi connectivity index (χ0) is 14.3. The Morgan fingerprint density at radius 1 is 1.21 bits per heavy atom. The van der Waals surface area contributed by atoms with Crippen molar-refractivity contribution in [3.05, 3.63) is 35.4 Å². The molecule has 4 N–H and O–H groups in total. The van der Waals surface area contributed by atoms with Crippen LogP contribution in [0.5, 0.6) is 0 Å². The minimum absolute atomic E-state index is 0.0644. The van der Waals surface area contributed by atoms with Crippen molar-refractivity contribution in [2.75, 3.05) is 0 Å². The van der Waals surface area contributed by atoms with Gasteiger partial charge in [-0.3, -0.25) is 5.41 Å². The molecule has 0 aliphatic carbocycles. The van der Waals surface area contributed by atoms with E-state index in [2.05, 4.69) is 13.8 Å². The van der Waals surface area contributed by atoms with Gasteiger partial charge in [-0.25, -0.2) is 0 Å². The molecule has 3 heteroatoms. The third-order valence-corrected chi connectivity index (χ3v) is 3.73. The quantitative estimate of drug-likeness (QED) is 0.380. The average molecular weight is 262 g/mol. The van der Waals surface area contributed by atoms with Crippen molar-refractivity contribution in [1.29, 1.82) is 5.41 Å². The van der Waals surface area contributed by atoms with Crippen LogP contribution >= 0.6 is 0 Å². The van der Waals surface area contributed by atoms with Gasteiger partial charge in [-0.2, -0.15) is 0 Å². The highest BCUT2D eigenvalue weighted by Crippen LogP contribution is 2.21. The summed E-state index contributed by atoms with van der Waals surface area (Å²) in [6.45, 7) is 4.49. The van der Waals surface area contributed by atoms with Gasteiger partial charge in [-0.15, -0.1) is 0 Å². The third kappa shape index (κ3) is 5.43. The van der Waals surface area contributed by atoms with Crippen molar-refractivity contribution in [2.45, 2.75) is 52.1 Å². The van der Waals surface area contributed by atoms with E-state index >= 15 is 0 Å². The maximum atomic E-state index is 10.1. The lowest BCUT2D eigenvalue weighted by Crippen LogP contribution is -2.11. The molecule has 106 valence electrons. The predicted molar refractivity (Wildman–Crippen MR) is 80.3 cm³/mol. The van der Waals surface area contributed by atoms with E-state index in [9.17, 15) is 5.11 Å². The Kier molecular flexibility index (Phi) is 6.57. The molecular weight excluding hydrogens is 236 g/mol. The molecule has 1 aromatic rings. The Labute approximate surface area is 116 Å². The SMILES string of the molecule is CCC(C)CCCC[C@H](O)c1ccc(C(=N)N)cc1. The molecule has 1 rings (SSSR count). The molecule has 1 unspecified atom stereocenters. The van der Waals surface area contributed by atoms with E-state index in [1.165, 1.54) is 19.3 Å². The van der Waals surface area contributed by atoms with Crippen LogP contribution in [-0.4, -0.2) is 10.9 Å². The number of nitrogens with two attached hydrogens (primary N) is 1. The Morgan fingerprint density at radius 3 is 2.32 bits per heavy atom.